The first-order valence-electron chi connectivity index (χ1n) is 5.56. The van der Waals surface area contributed by atoms with Gasteiger partial charge in [-0.2, -0.15) is 0 Å². The molecule has 16 heavy (non-hydrogen) atoms. The molecular formula is C13H19NO2. The lowest BCUT2D eigenvalue weighted by Crippen LogP contribution is -2.13. The van der Waals surface area contributed by atoms with Gasteiger partial charge in [0, 0.05) is 0 Å². The number of hydrogen-bond acceptors (Lipinski definition) is 3. The summed E-state index contributed by atoms with van der Waals surface area (Å²) in [5, 5.41) is 3.34. The predicted octanol–water partition coefficient (Wildman–Crippen LogP) is 1.97. The summed E-state index contributed by atoms with van der Waals surface area (Å²) in [5.74, 6) is -0.192. The monoisotopic (exact) mass is 221 g/mol. The Hall–Kier alpha value is -1.35. The van der Waals surface area contributed by atoms with E-state index in [1.54, 1.807) is 6.08 Å². The second-order valence-electron chi connectivity index (χ2n) is 3.69. The normalized spacial score (nSPS) is 21.8. The Kier molecular flexibility index (Phi) is 5.57. The molecule has 0 bridgehead atoms. The first-order valence-corrected chi connectivity index (χ1v) is 5.56. The van der Waals surface area contributed by atoms with E-state index in [0.717, 1.165) is 25.9 Å². The van der Waals surface area contributed by atoms with Crippen molar-refractivity contribution < 1.29 is 9.53 Å². The van der Waals surface area contributed by atoms with Crippen LogP contribution >= 0.6 is 0 Å². The third kappa shape index (κ3) is 4.03. The van der Waals surface area contributed by atoms with Gasteiger partial charge < -0.3 is 10.1 Å². The van der Waals surface area contributed by atoms with Crippen molar-refractivity contribution in [3.63, 3.8) is 0 Å². The fourth-order valence-electron chi connectivity index (χ4n) is 1.75. The number of carbonyl (C=O) groups excluding carboxylic acids is 1. The van der Waals surface area contributed by atoms with Crippen molar-refractivity contribution in [3.8, 4) is 0 Å². The molecule has 0 aromatic rings. The summed E-state index contributed by atoms with van der Waals surface area (Å²) in [4.78, 5) is 11.1. The summed E-state index contributed by atoms with van der Waals surface area (Å²) in [6.07, 6.45) is 8.08. The molecule has 0 radical (unpaired) electrons. The second kappa shape index (κ2) is 7.01. The minimum Gasteiger partial charge on any atom is -0.469 e. The lowest BCUT2D eigenvalue weighted by atomic mass is 9.99. The van der Waals surface area contributed by atoms with Gasteiger partial charge in [0.05, 0.1) is 13.5 Å². The van der Waals surface area contributed by atoms with E-state index in [-0.39, 0.29) is 5.97 Å². The maximum atomic E-state index is 11.1. The quantitative estimate of drug-likeness (QED) is 0.740. The fourth-order valence-corrected chi connectivity index (χ4v) is 1.75. The Morgan fingerprint density at radius 3 is 2.75 bits per heavy atom. The summed E-state index contributed by atoms with van der Waals surface area (Å²) in [6.45, 7) is 5.66. The van der Waals surface area contributed by atoms with E-state index in [2.05, 4.69) is 16.6 Å². The average Bonchev–Trinajstić information content (AvgIpc) is 2.52. The molecule has 0 unspecified atom stereocenters. The van der Waals surface area contributed by atoms with E-state index < -0.39 is 0 Å². The average molecular weight is 221 g/mol. The van der Waals surface area contributed by atoms with E-state index in [0.29, 0.717) is 6.42 Å². The number of carbonyl (C=O) groups is 1. The number of esters is 1. The first-order chi connectivity index (χ1) is 7.77. The largest absolute Gasteiger partial charge is 0.469 e. The molecule has 0 spiro atoms. The lowest BCUT2D eigenvalue weighted by Gasteiger charge is -2.06. The van der Waals surface area contributed by atoms with Crippen molar-refractivity contribution in [1.29, 1.82) is 0 Å². The predicted molar refractivity (Wildman–Crippen MR) is 65.1 cm³/mol. The number of methoxy groups -OCH3 is 1. The van der Waals surface area contributed by atoms with Gasteiger partial charge in [-0.05, 0) is 37.1 Å². The zero-order valence-corrected chi connectivity index (χ0v) is 9.79. The zero-order chi connectivity index (χ0) is 11.8. The number of allylic oxidation sites excluding steroid dienone is 2. The molecule has 0 saturated carbocycles. The number of hydrogen-bond donors (Lipinski definition) is 1. The van der Waals surface area contributed by atoms with Crippen molar-refractivity contribution in [1.82, 2.24) is 5.32 Å². The van der Waals surface area contributed by atoms with Crippen molar-refractivity contribution in [2.45, 2.75) is 19.3 Å². The molecular weight excluding hydrogens is 202 g/mol. The minimum absolute atomic E-state index is 0.192. The minimum atomic E-state index is -0.192. The maximum absolute atomic E-state index is 11.1. The SMILES string of the molecule is C=CC=C1CCNCCC1=CCC(=O)OC. The number of rotatable bonds is 3. The van der Waals surface area contributed by atoms with Gasteiger partial charge in [-0.1, -0.05) is 24.8 Å². The smallest absolute Gasteiger partial charge is 0.309 e. The van der Waals surface area contributed by atoms with Crippen LogP contribution in [0.15, 0.2) is 36.0 Å². The van der Waals surface area contributed by atoms with E-state index in [1.807, 2.05) is 12.2 Å². The van der Waals surface area contributed by atoms with Crippen LogP contribution in [0.3, 0.4) is 0 Å². The van der Waals surface area contributed by atoms with Gasteiger partial charge in [0.2, 0.25) is 0 Å². The molecule has 1 aliphatic heterocycles. The molecule has 1 N–H and O–H groups in total. The molecule has 0 aromatic heterocycles. The Bertz CT molecular complexity index is 316. The summed E-state index contributed by atoms with van der Waals surface area (Å²) >= 11 is 0. The van der Waals surface area contributed by atoms with E-state index in [1.165, 1.54) is 18.3 Å². The Morgan fingerprint density at radius 1 is 1.44 bits per heavy atom. The standard InChI is InChI=1S/C13H19NO2/c1-3-4-11-7-9-14-10-8-12(11)5-6-13(15)16-2/h3-5,14H,1,6-10H2,2H3. The fraction of sp³-hybridized carbons (Fsp3) is 0.462. The molecule has 3 nitrogen and oxygen atoms in total. The molecule has 0 amide bonds. The molecule has 1 aliphatic rings. The van der Waals surface area contributed by atoms with E-state index >= 15 is 0 Å². The van der Waals surface area contributed by atoms with Gasteiger partial charge in [0.15, 0.2) is 0 Å². The lowest BCUT2D eigenvalue weighted by molar-refractivity contribution is -0.139. The van der Waals surface area contributed by atoms with Crippen LogP contribution in [-0.2, 0) is 9.53 Å². The molecule has 1 fully saturated rings. The molecule has 1 saturated heterocycles. The molecule has 3 heteroatoms. The summed E-state index contributed by atoms with van der Waals surface area (Å²) in [7, 11) is 1.41. The van der Waals surface area contributed by atoms with E-state index in [4.69, 9.17) is 0 Å². The van der Waals surface area contributed by atoms with Crippen LogP contribution in [-0.4, -0.2) is 26.2 Å². The van der Waals surface area contributed by atoms with Gasteiger partial charge in [0.25, 0.3) is 0 Å². The van der Waals surface area contributed by atoms with Gasteiger partial charge in [-0.15, -0.1) is 0 Å². The highest BCUT2D eigenvalue weighted by Gasteiger charge is 2.09. The third-order valence-corrected chi connectivity index (χ3v) is 2.62. The van der Waals surface area contributed by atoms with Crippen LogP contribution < -0.4 is 5.32 Å². The zero-order valence-electron chi connectivity index (χ0n) is 9.79. The summed E-state index contributed by atoms with van der Waals surface area (Å²) in [6, 6.07) is 0. The van der Waals surface area contributed by atoms with Gasteiger partial charge >= 0.3 is 5.97 Å². The molecule has 1 rings (SSSR count). The van der Waals surface area contributed by atoms with Crippen molar-refractivity contribution in [2.75, 3.05) is 20.2 Å². The summed E-state index contributed by atoms with van der Waals surface area (Å²) < 4.78 is 4.63. The van der Waals surface area contributed by atoms with Crippen molar-refractivity contribution in [2.24, 2.45) is 0 Å². The van der Waals surface area contributed by atoms with Gasteiger partial charge in [0.1, 0.15) is 0 Å². The summed E-state index contributed by atoms with van der Waals surface area (Å²) in [5.41, 5.74) is 2.50. The van der Waals surface area contributed by atoms with Gasteiger partial charge in [-0.25, -0.2) is 0 Å². The van der Waals surface area contributed by atoms with Crippen LogP contribution in [0, 0.1) is 0 Å². The Morgan fingerprint density at radius 2 is 2.12 bits per heavy atom. The van der Waals surface area contributed by atoms with Crippen LogP contribution in [0.2, 0.25) is 0 Å². The molecule has 0 atom stereocenters. The Labute approximate surface area is 96.9 Å². The highest BCUT2D eigenvalue weighted by atomic mass is 16.5. The first kappa shape index (κ1) is 12.7. The van der Waals surface area contributed by atoms with Crippen molar-refractivity contribution in [3.05, 3.63) is 36.0 Å². The number of nitrogens with one attached hydrogen (secondary N) is 1. The van der Waals surface area contributed by atoms with Gasteiger partial charge in [-0.3, -0.25) is 4.79 Å². The maximum Gasteiger partial charge on any atom is 0.309 e. The third-order valence-electron chi connectivity index (χ3n) is 2.62. The molecule has 88 valence electrons. The Balaban J connectivity index is 2.74. The topological polar surface area (TPSA) is 38.3 Å². The molecule has 0 aliphatic carbocycles. The van der Waals surface area contributed by atoms with Crippen molar-refractivity contribution >= 4 is 5.97 Å². The number of ether oxygens (including phenoxy) is 1. The van der Waals surface area contributed by atoms with Crippen LogP contribution in [0.1, 0.15) is 19.3 Å². The molecule has 0 aromatic carbocycles. The van der Waals surface area contributed by atoms with Crippen LogP contribution in [0.5, 0.6) is 0 Å². The highest BCUT2D eigenvalue weighted by molar-refractivity contribution is 5.71. The second-order valence-corrected chi connectivity index (χ2v) is 3.69. The highest BCUT2D eigenvalue weighted by Crippen LogP contribution is 2.20. The van der Waals surface area contributed by atoms with E-state index in [9.17, 15) is 4.79 Å². The van der Waals surface area contributed by atoms with Crippen LogP contribution in [0.25, 0.3) is 0 Å². The molecule has 1 heterocycles. The van der Waals surface area contributed by atoms with Crippen LogP contribution in [0.4, 0.5) is 0 Å².